The van der Waals surface area contributed by atoms with Crippen LogP contribution in [-0.2, 0) is 9.47 Å². The van der Waals surface area contributed by atoms with Crippen molar-refractivity contribution in [3.63, 3.8) is 0 Å². The second-order valence-electron chi connectivity index (χ2n) is 4.84. The zero-order valence-electron chi connectivity index (χ0n) is 10.6. The predicted octanol–water partition coefficient (Wildman–Crippen LogP) is 3.77. The molecule has 1 fully saturated rings. The molecule has 0 aromatic carbocycles. The van der Waals surface area contributed by atoms with E-state index >= 15 is 0 Å². The van der Waals surface area contributed by atoms with Crippen LogP contribution in [0.3, 0.4) is 0 Å². The fourth-order valence-electron chi connectivity index (χ4n) is 2.03. The summed E-state index contributed by atoms with van der Waals surface area (Å²) in [7, 11) is 0. The lowest BCUT2D eigenvalue weighted by molar-refractivity contribution is -0.0570. The molecule has 3 heteroatoms. The third kappa shape index (κ3) is 4.34. The molecular weight excluding hydrogens is 268 g/mol. The van der Waals surface area contributed by atoms with Crippen LogP contribution in [0.1, 0.15) is 46.0 Å². The Balaban J connectivity index is 2.21. The third-order valence-electron chi connectivity index (χ3n) is 3.77. The van der Waals surface area contributed by atoms with Crippen molar-refractivity contribution in [3.05, 3.63) is 0 Å². The first-order valence-electron chi connectivity index (χ1n) is 6.51. The first-order valence-corrected chi connectivity index (χ1v) is 7.64. The highest BCUT2D eigenvalue weighted by molar-refractivity contribution is 9.09. The predicted molar refractivity (Wildman–Crippen MR) is 71.2 cm³/mol. The molecule has 1 aliphatic rings. The van der Waals surface area contributed by atoms with Crippen LogP contribution < -0.4 is 0 Å². The Kier molecular flexibility index (Phi) is 6.94. The number of hydrogen-bond acceptors (Lipinski definition) is 2. The normalized spacial score (nSPS) is 22.3. The molecule has 0 radical (unpaired) electrons. The summed E-state index contributed by atoms with van der Waals surface area (Å²) in [6.45, 7) is 7.02. The average Bonchev–Trinajstić information content (AvgIpc) is 2.37. The smallest absolute Gasteiger partial charge is 0.0808 e. The molecule has 1 atom stereocenters. The molecule has 0 saturated carbocycles. The van der Waals surface area contributed by atoms with Crippen molar-refractivity contribution in [2.45, 2.75) is 52.1 Å². The van der Waals surface area contributed by atoms with Gasteiger partial charge in [-0.1, -0.05) is 29.8 Å². The van der Waals surface area contributed by atoms with E-state index in [2.05, 4.69) is 29.8 Å². The lowest BCUT2D eigenvalue weighted by Gasteiger charge is -2.30. The standard InChI is InChI=1S/C13H25BrO2/c1-3-13(4-2,10-14)11-15-9-12-7-5-6-8-16-12/h12H,3-11H2,1-2H3. The van der Waals surface area contributed by atoms with E-state index in [-0.39, 0.29) is 0 Å². The van der Waals surface area contributed by atoms with Crippen molar-refractivity contribution in [2.75, 3.05) is 25.2 Å². The van der Waals surface area contributed by atoms with Crippen LogP contribution in [0.5, 0.6) is 0 Å². The molecule has 0 aromatic heterocycles. The number of alkyl halides is 1. The summed E-state index contributed by atoms with van der Waals surface area (Å²) in [5.41, 5.74) is 0.314. The molecular formula is C13H25BrO2. The van der Waals surface area contributed by atoms with Crippen LogP contribution in [0.2, 0.25) is 0 Å². The molecule has 0 aliphatic carbocycles. The molecule has 0 aromatic rings. The minimum Gasteiger partial charge on any atom is -0.378 e. The summed E-state index contributed by atoms with van der Waals surface area (Å²) in [4.78, 5) is 0. The molecule has 1 heterocycles. The van der Waals surface area contributed by atoms with Crippen molar-refractivity contribution in [2.24, 2.45) is 5.41 Å². The highest BCUT2D eigenvalue weighted by atomic mass is 79.9. The van der Waals surface area contributed by atoms with Crippen molar-refractivity contribution in [1.29, 1.82) is 0 Å². The first kappa shape index (κ1) is 14.5. The van der Waals surface area contributed by atoms with Gasteiger partial charge in [0.1, 0.15) is 0 Å². The van der Waals surface area contributed by atoms with Gasteiger partial charge in [0.15, 0.2) is 0 Å². The summed E-state index contributed by atoms with van der Waals surface area (Å²) in [6, 6.07) is 0. The van der Waals surface area contributed by atoms with E-state index < -0.39 is 0 Å². The highest BCUT2D eigenvalue weighted by Crippen LogP contribution is 2.29. The van der Waals surface area contributed by atoms with Gasteiger partial charge < -0.3 is 9.47 Å². The molecule has 2 nitrogen and oxygen atoms in total. The van der Waals surface area contributed by atoms with Crippen LogP contribution in [0.4, 0.5) is 0 Å². The molecule has 1 unspecified atom stereocenters. The van der Waals surface area contributed by atoms with Gasteiger partial charge >= 0.3 is 0 Å². The van der Waals surface area contributed by atoms with Gasteiger partial charge in [0.05, 0.1) is 19.3 Å². The molecule has 0 N–H and O–H groups in total. The molecule has 1 aliphatic heterocycles. The van der Waals surface area contributed by atoms with Gasteiger partial charge in [-0.2, -0.15) is 0 Å². The van der Waals surface area contributed by atoms with Gasteiger partial charge in [0.25, 0.3) is 0 Å². The maximum Gasteiger partial charge on any atom is 0.0808 e. The fourth-order valence-corrected chi connectivity index (χ4v) is 2.98. The van der Waals surface area contributed by atoms with Gasteiger partial charge in [-0.25, -0.2) is 0 Å². The van der Waals surface area contributed by atoms with Crippen molar-refractivity contribution >= 4 is 15.9 Å². The van der Waals surface area contributed by atoms with Gasteiger partial charge in [-0.15, -0.1) is 0 Å². The lowest BCUT2D eigenvalue weighted by Crippen LogP contribution is -2.31. The van der Waals surface area contributed by atoms with Crippen LogP contribution >= 0.6 is 15.9 Å². The van der Waals surface area contributed by atoms with E-state index in [0.29, 0.717) is 11.5 Å². The van der Waals surface area contributed by atoms with E-state index in [0.717, 1.165) is 25.2 Å². The topological polar surface area (TPSA) is 18.5 Å². The average molecular weight is 293 g/mol. The van der Waals surface area contributed by atoms with Gasteiger partial charge in [0.2, 0.25) is 0 Å². The van der Waals surface area contributed by atoms with Crippen molar-refractivity contribution in [3.8, 4) is 0 Å². The molecule has 0 bridgehead atoms. The second-order valence-corrected chi connectivity index (χ2v) is 5.41. The Bertz CT molecular complexity index is 167. The second kappa shape index (κ2) is 7.67. The van der Waals surface area contributed by atoms with Gasteiger partial charge in [-0.3, -0.25) is 0 Å². The first-order chi connectivity index (χ1) is 7.76. The van der Waals surface area contributed by atoms with E-state index in [4.69, 9.17) is 9.47 Å². The zero-order chi connectivity index (χ0) is 11.9. The van der Waals surface area contributed by atoms with Crippen molar-refractivity contribution in [1.82, 2.24) is 0 Å². The Morgan fingerprint density at radius 2 is 2.06 bits per heavy atom. The molecule has 0 amide bonds. The number of ether oxygens (including phenoxy) is 2. The van der Waals surface area contributed by atoms with E-state index in [9.17, 15) is 0 Å². The highest BCUT2D eigenvalue weighted by Gasteiger charge is 2.25. The molecule has 0 spiro atoms. The van der Waals surface area contributed by atoms with E-state index in [1.165, 1.54) is 32.1 Å². The summed E-state index contributed by atoms with van der Waals surface area (Å²) < 4.78 is 11.5. The summed E-state index contributed by atoms with van der Waals surface area (Å²) in [5.74, 6) is 0. The Hall–Kier alpha value is 0.400. The van der Waals surface area contributed by atoms with Gasteiger partial charge in [-0.05, 0) is 32.1 Å². The maximum absolute atomic E-state index is 5.86. The number of rotatable bonds is 7. The van der Waals surface area contributed by atoms with Crippen LogP contribution in [-0.4, -0.2) is 31.3 Å². The largest absolute Gasteiger partial charge is 0.378 e. The SMILES string of the molecule is CCC(CC)(CBr)COCC1CCCCO1. The van der Waals surface area contributed by atoms with Gasteiger partial charge in [0, 0.05) is 17.4 Å². The quantitative estimate of drug-likeness (QED) is 0.665. The zero-order valence-corrected chi connectivity index (χ0v) is 12.2. The van der Waals surface area contributed by atoms with Crippen molar-refractivity contribution < 1.29 is 9.47 Å². The minimum absolute atomic E-state index is 0.314. The fraction of sp³-hybridized carbons (Fsp3) is 1.00. The Morgan fingerprint density at radius 1 is 1.31 bits per heavy atom. The molecule has 96 valence electrons. The summed E-state index contributed by atoms with van der Waals surface area (Å²) >= 11 is 3.61. The number of halogens is 1. The van der Waals surface area contributed by atoms with E-state index in [1.54, 1.807) is 0 Å². The monoisotopic (exact) mass is 292 g/mol. The minimum atomic E-state index is 0.314. The summed E-state index contributed by atoms with van der Waals surface area (Å²) in [5, 5.41) is 1.03. The molecule has 1 saturated heterocycles. The Labute approximate surface area is 108 Å². The van der Waals surface area contributed by atoms with E-state index in [1.807, 2.05) is 0 Å². The Morgan fingerprint density at radius 3 is 2.56 bits per heavy atom. The van der Waals surface area contributed by atoms with Crippen LogP contribution in [0, 0.1) is 5.41 Å². The number of hydrogen-bond donors (Lipinski definition) is 0. The molecule has 1 rings (SSSR count). The van der Waals surface area contributed by atoms with Crippen LogP contribution in [0.15, 0.2) is 0 Å². The van der Waals surface area contributed by atoms with Crippen LogP contribution in [0.25, 0.3) is 0 Å². The third-order valence-corrected chi connectivity index (χ3v) is 4.96. The molecule has 16 heavy (non-hydrogen) atoms. The summed E-state index contributed by atoms with van der Waals surface area (Å²) in [6.07, 6.45) is 6.35. The maximum atomic E-state index is 5.86. The lowest BCUT2D eigenvalue weighted by atomic mass is 9.86.